The van der Waals surface area contributed by atoms with Crippen LogP contribution in [0.15, 0.2) is 42.5 Å². The molecule has 2 aromatic carbocycles. The quantitative estimate of drug-likeness (QED) is 0.789. The number of fused-ring (bicyclic) bond motifs is 1. The molecule has 102 valence electrons. The lowest BCUT2D eigenvalue weighted by atomic mass is 10.2. The van der Waals surface area contributed by atoms with Crippen molar-refractivity contribution in [2.75, 3.05) is 0 Å². The summed E-state index contributed by atoms with van der Waals surface area (Å²) in [5.41, 5.74) is 1.29. The smallest absolute Gasteiger partial charge is 0.127 e. The third kappa shape index (κ3) is 2.84. The zero-order chi connectivity index (χ0) is 13.9. The van der Waals surface area contributed by atoms with Gasteiger partial charge in [-0.3, -0.25) is 0 Å². The summed E-state index contributed by atoms with van der Waals surface area (Å²) in [5, 5.41) is 4.02. The lowest BCUT2D eigenvalue weighted by Crippen LogP contribution is -2.13. The first-order chi connectivity index (χ1) is 9.72. The van der Waals surface area contributed by atoms with Gasteiger partial charge in [-0.2, -0.15) is 0 Å². The molecule has 3 aromatic rings. The number of halogens is 2. The van der Waals surface area contributed by atoms with Crippen LogP contribution in [0.1, 0.15) is 10.6 Å². The van der Waals surface area contributed by atoms with Crippen molar-refractivity contribution < 1.29 is 8.78 Å². The molecule has 0 aliphatic carbocycles. The third-order valence-corrected chi connectivity index (χ3v) is 3.97. The summed E-state index contributed by atoms with van der Waals surface area (Å²) >= 11 is 1.60. The van der Waals surface area contributed by atoms with Crippen molar-refractivity contribution in [2.45, 2.75) is 13.1 Å². The summed E-state index contributed by atoms with van der Waals surface area (Å²) in [4.78, 5) is 4.47. The fourth-order valence-corrected chi connectivity index (χ4v) is 2.92. The molecule has 3 rings (SSSR count). The van der Waals surface area contributed by atoms with Crippen molar-refractivity contribution in [3.8, 4) is 0 Å². The summed E-state index contributed by atoms with van der Waals surface area (Å²) in [7, 11) is 0. The van der Waals surface area contributed by atoms with Gasteiger partial charge in [0.15, 0.2) is 0 Å². The van der Waals surface area contributed by atoms with Crippen LogP contribution in [0.3, 0.4) is 0 Å². The summed E-state index contributed by atoms with van der Waals surface area (Å²) < 4.78 is 27.6. The SMILES string of the molecule is Fc1ccc(F)c(CNCc2nc3ccccc3s2)c1. The van der Waals surface area contributed by atoms with Crippen LogP contribution in [0.25, 0.3) is 10.2 Å². The minimum Gasteiger partial charge on any atom is -0.306 e. The van der Waals surface area contributed by atoms with E-state index in [4.69, 9.17) is 0 Å². The Balaban J connectivity index is 1.66. The zero-order valence-electron chi connectivity index (χ0n) is 10.6. The Labute approximate surface area is 119 Å². The monoisotopic (exact) mass is 290 g/mol. The van der Waals surface area contributed by atoms with E-state index in [1.54, 1.807) is 11.3 Å². The van der Waals surface area contributed by atoms with Crippen molar-refractivity contribution in [1.82, 2.24) is 10.3 Å². The van der Waals surface area contributed by atoms with Gasteiger partial charge >= 0.3 is 0 Å². The fraction of sp³-hybridized carbons (Fsp3) is 0.133. The van der Waals surface area contributed by atoms with Gasteiger partial charge in [0.05, 0.1) is 10.2 Å². The molecule has 1 aromatic heterocycles. The van der Waals surface area contributed by atoms with Crippen molar-refractivity contribution in [3.05, 3.63) is 64.7 Å². The first kappa shape index (κ1) is 13.1. The van der Waals surface area contributed by atoms with Crippen LogP contribution in [0.4, 0.5) is 8.78 Å². The minimum absolute atomic E-state index is 0.277. The average molecular weight is 290 g/mol. The maximum Gasteiger partial charge on any atom is 0.127 e. The predicted molar refractivity (Wildman–Crippen MR) is 76.5 cm³/mol. The molecule has 0 bridgehead atoms. The van der Waals surface area contributed by atoms with Gasteiger partial charge in [0, 0.05) is 18.7 Å². The lowest BCUT2D eigenvalue weighted by Gasteiger charge is -2.04. The van der Waals surface area contributed by atoms with Crippen LogP contribution in [-0.2, 0) is 13.1 Å². The maximum atomic E-state index is 13.4. The van der Waals surface area contributed by atoms with Gasteiger partial charge in [-0.25, -0.2) is 13.8 Å². The molecule has 0 saturated heterocycles. The van der Waals surface area contributed by atoms with Crippen LogP contribution in [0, 0.1) is 11.6 Å². The molecular formula is C15H12F2N2S. The molecule has 0 amide bonds. The van der Waals surface area contributed by atoms with Crippen molar-refractivity contribution in [3.63, 3.8) is 0 Å². The second-order valence-electron chi connectivity index (χ2n) is 4.41. The summed E-state index contributed by atoms with van der Waals surface area (Å²) in [6.07, 6.45) is 0. The molecule has 2 nitrogen and oxygen atoms in total. The Kier molecular flexibility index (Phi) is 3.71. The average Bonchev–Trinajstić information content (AvgIpc) is 2.85. The number of nitrogens with one attached hydrogen (secondary N) is 1. The molecule has 0 aliphatic heterocycles. The molecule has 0 aliphatic rings. The maximum absolute atomic E-state index is 13.4. The van der Waals surface area contributed by atoms with Gasteiger partial charge in [-0.15, -0.1) is 11.3 Å². The van der Waals surface area contributed by atoms with E-state index >= 15 is 0 Å². The first-order valence-electron chi connectivity index (χ1n) is 6.21. The highest BCUT2D eigenvalue weighted by atomic mass is 32.1. The number of aromatic nitrogens is 1. The fourth-order valence-electron chi connectivity index (χ4n) is 1.98. The van der Waals surface area contributed by atoms with Crippen molar-refractivity contribution in [1.29, 1.82) is 0 Å². The Morgan fingerprint density at radius 2 is 1.90 bits per heavy atom. The second kappa shape index (κ2) is 5.64. The van der Waals surface area contributed by atoms with E-state index in [1.807, 2.05) is 24.3 Å². The van der Waals surface area contributed by atoms with E-state index in [-0.39, 0.29) is 6.54 Å². The predicted octanol–water partition coefficient (Wildman–Crippen LogP) is 3.86. The number of benzene rings is 2. The van der Waals surface area contributed by atoms with E-state index in [0.29, 0.717) is 12.1 Å². The molecule has 5 heteroatoms. The topological polar surface area (TPSA) is 24.9 Å². The summed E-state index contributed by atoms with van der Waals surface area (Å²) in [6, 6.07) is 11.4. The molecule has 0 unspecified atom stereocenters. The molecule has 1 heterocycles. The lowest BCUT2D eigenvalue weighted by molar-refractivity contribution is 0.568. The number of thiazole rings is 1. The number of hydrogen-bond donors (Lipinski definition) is 1. The van der Waals surface area contributed by atoms with E-state index in [1.165, 1.54) is 6.07 Å². The number of hydrogen-bond acceptors (Lipinski definition) is 3. The number of nitrogens with zero attached hydrogens (tertiary/aromatic N) is 1. The molecule has 1 N–H and O–H groups in total. The number of rotatable bonds is 4. The molecule has 0 saturated carbocycles. The van der Waals surface area contributed by atoms with Gasteiger partial charge < -0.3 is 5.32 Å². The molecule has 0 radical (unpaired) electrons. The standard InChI is InChI=1S/C15H12F2N2S/c16-11-5-6-12(17)10(7-11)8-18-9-15-19-13-3-1-2-4-14(13)20-15/h1-7,18H,8-9H2. The van der Waals surface area contributed by atoms with E-state index in [2.05, 4.69) is 10.3 Å². The van der Waals surface area contributed by atoms with Gasteiger partial charge in [-0.05, 0) is 30.3 Å². The normalized spacial score (nSPS) is 11.1. The highest BCUT2D eigenvalue weighted by Gasteiger charge is 2.05. The van der Waals surface area contributed by atoms with Gasteiger partial charge in [0.2, 0.25) is 0 Å². The van der Waals surface area contributed by atoms with Crippen LogP contribution in [0.5, 0.6) is 0 Å². The van der Waals surface area contributed by atoms with E-state index in [9.17, 15) is 8.78 Å². The Morgan fingerprint density at radius 3 is 2.75 bits per heavy atom. The molecule has 0 fully saturated rings. The largest absolute Gasteiger partial charge is 0.306 e. The highest BCUT2D eigenvalue weighted by Crippen LogP contribution is 2.21. The minimum atomic E-state index is -0.428. The summed E-state index contributed by atoms with van der Waals surface area (Å²) in [5.74, 6) is -0.827. The highest BCUT2D eigenvalue weighted by molar-refractivity contribution is 7.18. The molecule has 0 spiro atoms. The van der Waals surface area contributed by atoms with Crippen LogP contribution in [0.2, 0.25) is 0 Å². The van der Waals surface area contributed by atoms with Gasteiger partial charge in [0.25, 0.3) is 0 Å². The Morgan fingerprint density at radius 1 is 1.05 bits per heavy atom. The first-order valence-corrected chi connectivity index (χ1v) is 7.03. The number of para-hydroxylation sites is 1. The second-order valence-corrected chi connectivity index (χ2v) is 5.53. The Hall–Kier alpha value is -1.85. The van der Waals surface area contributed by atoms with E-state index < -0.39 is 11.6 Å². The van der Waals surface area contributed by atoms with Gasteiger partial charge in [0.1, 0.15) is 16.6 Å². The zero-order valence-corrected chi connectivity index (χ0v) is 11.4. The molecule has 0 atom stereocenters. The molecule has 20 heavy (non-hydrogen) atoms. The van der Waals surface area contributed by atoms with Crippen LogP contribution < -0.4 is 5.32 Å². The van der Waals surface area contributed by atoms with Crippen LogP contribution in [-0.4, -0.2) is 4.98 Å². The molecular weight excluding hydrogens is 278 g/mol. The van der Waals surface area contributed by atoms with E-state index in [0.717, 1.165) is 27.4 Å². The van der Waals surface area contributed by atoms with Crippen LogP contribution >= 0.6 is 11.3 Å². The third-order valence-electron chi connectivity index (χ3n) is 2.94. The summed E-state index contributed by atoms with van der Waals surface area (Å²) in [6.45, 7) is 0.814. The van der Waals surface area contributed by atoms with Crippen molar-refractivity contribution >= 4 is 21.6 Å². The van der Waals surface area contributed by atoms with Gasteiger partial charge in [-0.1, -0.05) is 12.1 Å². The Bertz CT molecular complexity index is 707. The van der Waals surface area contributed by atoms with Crippen molar-refractivity contribution in [2.24, 2.45) is 0 Å².